The third-order valence-corrected chi connectivity index (χ3v) is 8.00. The monoisotopic (exact) mass is 498 g/mol. The number of nitrogens with zero attached hydrogens (tertiary/aromatic N) is 4. The highest BCUT2D eigenvalue weighted by Gasteiger charge is 2.36. The quantitative estimate of drug-likeness (QED) is 0.501. The standard InChI is InChI=1S/C26H35ClN6O2/c1-17-14-22(35)24-23(17)26(30-16-29-24)33-12-10-32(11-13-33)25(18-2-4-19(27)5-3-18)21(15-34)31-20-6-8-28-9-7-20/h2-5,15-17,20-22,25,28,31,35H,6-14H2,1H3/t17-,21?,22-,25?/m1/s1. The number of carbonyl (C=O) groups is 1. The molecule has 2 aliphatic heterocycles. The number of nitrogens with one attached hydrogen (secondary N) is 2. The zero-order valence-electron chi connectivity index (χ0n) is 20.2. The van der Waals surface area contributed by atoms with Crippen molar-refractivity contribution in [3.63, 3.8) is 0 Å². The van der Waals surface area contributed by atoms with Crippen molar-refractivity contribution in [2.45, 2.75) is 56.3 Å². The molecule has 9 heteroatoms. The molecule has 1 aromatic heterocycles. The molecule has 2 saturated heterocycles. The predicted octanol–water partition coefficient (Wildman–Crippen LogP) is 2.44. The Bertz CT molecular complexity index is 1010. The van der Waals surface area contributed by atoms with Gasteiger partial charge in [0.25, 0.3) is 0 Å². The van der Waals surface area contributed by atoms with E-state index in [-0.39, 0.29) is 18.0 Å². The van der Waals surface area contributed by atoms with Gasteiger partial charge in [-0.2, -0.15) is 0 Å². The van der Waals surface area contributed by atoms with Gasteiger partial charge in [-0.05, 0) is 56.0 Å². The molecule has 35 heavy (non-hydrogen) atoms. The lowest BCUT2D eigenvalue weighted by atomic mass is 9.95. The number of piperazine rings is 1. The van der Waals surface area contributed by atoms with Crippen LogP contribution in [0.2, 0.25) is 5.02 Å². The molecule has 0 amide bonds. The second-order valence-electron chi connectivity index (χ2n) is 10.0. The molecule has 2 aromatic rings. The van der Waals surface area contributed by atoms with E-state index in [1.165, 1.54) is 0 Å². The van der Waals surface area contributed by atoms with Crippen molar-refractivity contribution in [1.82, 2.24) is 25.5 Å². The second kappa shape index (κ2) is 10.9. The number of aromatic nitrogens is 2. The van der Waals surface area contributed by atoms with Gasteiger partial charge in [0.1, 0.15) is 18.4 Å². The van der Waals surface area contributed by atoms with Crippen LogP contribution in [0.25, 0.3) is 0 Å². The molecular formula is C26H35ClN6O2. The van der Waals surface area contributed by atoms with E-state index in [1.807, 2.05) is 24.3 Å². The zero-order valence-corrected chi connectivity index (χ0v) is 21.0. The first-order chi connectivity index (χ1) is 17.0. The first-order valence-electron chi connectivity index (χ1n) is 12.7. The minimum absolute atomic E-state index is 0.0707. The SMILES string of the molecule is C[C@@H]1C[C@@H](O)c2ncnc(N3CCN(C(c4ccc(Cl)cc4)C(C=O)NC4CCNCC4)CC3)c21. The Labute approximate surface area is 212 Å². The molecule has 1 aromatic carbocycles. The third-order valence-electron chi connectivity index (χ3n) is 7.75. The molecule has 8 nitrogen and oxygen atoms in total. The Morgan fingerprint density at radius 3 is 2.54 bits per heavy atom. The minimum Gasteiger partial charge on any atom is -0.387 e. The van der Waals surface area contributed by atoms with Crippen molar-refractivity contribution in [3.05, 3.63) is 52.4 Å². The number of aliphatic hydroxyl groups is 1. The van der Waals surface area contributed by atoms with Crippen LogP contribution < -0.4 is 15.5 Å². The average Bonchev–Trinajstić information content (AvgIpc) is 3.19. The van der Waals surface area contributed by atoms with Gasteiger partial charge in [0.2, 0.25) is 0 Å². The van der Waals surface area contributed by atoms with Crippen molar-refractivity contribution in [2.24, 2.45) is 0 Å². The van der Waals surface area contributed by atoms with Crippen LogP contribution in [0.5, 0.6) is 0 Å². The topological polar surface area (TPSA) is 93.6 Å². The lowest BCUT2D eigenvalue weighted by Gasteiger charge is -2.43. The van der Waals surface area contributed by atoms with Crippen LogP contribution in [-0.4, -0.2) is 77.6 Å². The number of aliphatic hydroxyl groups excluding tert-OH is 1. The molecular weight excluding hydrogens is 464 g/mol. The fourth-order valence-corrected chi connectivity index (χ4v) is 6.06. The Hall–Kier alpha value is -2.10. The predicted molar refractivity (Wildman–Crippen MR) is 137 cm³/mol. The van der Waals surface area contributed by atoms with Crippen LogP contribution in [0.1, 0.15) is 61.1 Å². The second-order valence-corrected chi connectivity index (χ2v) is 10.5. The van der Waals surface area contributed by atoms with Crippen LogP contribution in [0, 0.1) is 0 Å². The number of rotatable bonds is 7. The maximum absolute atomic E-state index is 12.4. The van der Waals surface area contributed by atoms with Gasteiger partial charge in [0.05, 0.1) is 23.9 Å². The average molecular weight is 499 g/mol. The summed E-state index contributed by atoms with van der Waals surface area (Å²) in [6.45, 7) is 7.30. The maximum Gasteiger partial charge on any atom is 0.138 e. The van der Waals surface area contributed by atoms with E-state index in [0.29, 0.717) is 17.5 Å². The fourth-order valence-electron chi connectivity index (χ4n) is 5.94. The van der Waals surface area contributed by atoms with Crippen molar-refractivity contribution in [3.8, 4) is 0 Å². The molecule has 5 rings (SSSR count). The molecule has 4 atom stereocenters. The lowest BCUT2D eigenvalue weighted by Crippen LogP contribution is -2.55. The molecule has 1 aliphatic carbocycles. The van der Waals surface area contributed by atoms with Crippen LogP contribution in [0.3, 0.4) is 0 Å². The van der Waals surface area contributed by atoms with E-state index in [4.69, 9.17) is 11.6 Å². The molecule has 3 heterocycles. The van der Waals surface area contributed by atoms with Gasteiger partial charge in [-0.25, -0.2) is 9.97 Å². The molecule has 2 fully saturated rings. The van der Waals surface area contributed by atoms with E-state index >= 15 is 0 Å². The summed E-state index contributed by atoms with van der Waals surface area (Å²) in [5, 5.41) is 18.1. The zero-order chi connectivity index (χ0) is 24.4. The summed E-state index contributed by atoms with van der Waals surface area (Å²) < 4.78 is 0. The van der Waals surface area contributed by atoms with Gasteiger partial charge in [0, 0.05) is 42.8 Å². The van der Waals surface area contributed by atoms with Crippen LogP contribution >= 0.6 is 11.6 Å². The van der Waals surface area contributed by atoms with E-state index in [9.17, 15) is 9.90 Å². The van der Waals surface area contributed by atoms with E-state index < -0.39 is 6.10 Å². The summed E-state index contributed by atoms with van der Waals surface area (Å²) >= 11 is 6.18. The Kier molecular flexibility index (Phi) is 7.65. The third kappa shape index (κ3) is 5.22. The number of hydrogen-bond donors (Lipinski definition) is 3. The van der Waals surface area contributed by atoms with E-state index in [2.05, 4.69) is 37.3 Å². The Morgan fingerprint density at radius 2 is 1.86 bits per heavy atom. The maximum atomic E-state index is 12.4. The molecule has 2 unspecified atom stereocenters. The van der Waals surface area contributed by atoms with Crippen LogP contribution in [-0.2, 0) is 4.79 Å². The van der Waals surface area contributed by atoms with Crippen molar-refractivity contribution >= 4 is 23.7 Å². The summed E-state index contributed by atoms with van der Waals surface area (Å²) in [4.78, 5) is 26.1. The molecule has 0 radical (unpaired) electrons. The number of benzene rings is 1. The van der Waals surface area contributed by atoms with Crippen molar-refractivity contribution in [1.29, 1.82) is 0 Å². The van der Waals surface area contributed by atoms with Gasteiger partial charge >= 0.3 is 0 Å². The van der Waals surface area contributed by atoms with Crippen molar-refractivity contribution < 1.29 is 9.90 Å². The van der Waals surface area contributed by atoms with Crippen molar-refractivity contribution in [2.75, 3.05) is 44.2 Å². The highest BCUT2D eigenvalue weighted by atomic mass is 35.5. The molecule has 0 bridgehead atoms. The molecule has 3 aliphatic rings. The molecule has 188 valence electrons. The largest absolute Gasteiger partial charge is 0.387 e. The van der Waals surface area contributed by atoms with Gasteiger partial charge in [-0.3, -0.25) is 4.90 Å². The smallest absolute Gasteiger partial charge is 0.138 e. The lowest BCUT2D eigenvalue weighted by molar-refractivity contribution is -0.111. The van der Waals surface area contributed by atoms with Gasteiger partial charge in [-0.15, -0.1) is 0 Å². The normalized spacial score (nSPS) is 25.3. The first-order valence-corrected chi connectivity index (χ1v) is 13.1. The molecule has 0 saturated carbocycles. The molecule has 3 N–H and O–H groups in total. The summed E-state index contributed by atoms with van der Waals surface area (Å²) in [5.41, 5.74) is 2.96. The Morgan fingerprint density at radius 1 is 1.14 bits per heavy atom. The molecule has 0 spiro atoms. The van der Waals surface area contributed by atoms with E-state index in [0.717, 1.165) is 81.0 Å². The van der Waals surface area contributed by atoms with Crippen LogP contribution in [0.15, 0.2) is 30.6 Å². The number of hydrogen-bond acceptors (Lipinski definition) is 8. The summed E-state index contributed by atoms with van der Waals surface area (Å²) in [6.07, 6.45) is 4.88. The summed E-state index contributed by atoms with van der Waals surface area (Å²) in [7, 11) is 0. The summed E-state index contributed by atoms with van der Waals surface area (Å²) in [5.74, 6) is 1.19. The number of carbonyl (C=O) groups excluding carboxylic acids is 1. The number of piperidine rings is 1. The number of anilines is 1. The number of halogens is 1. The summed E-state index contributed by atoms with van der Waals surface area (Å²) in [6, 6.07) is 7.86. The highest BCUT2D eigenvalue weighted by molar-refractivity contribution is 6.30. The number of aldehydes is 1. The Balaban J connectivity index is 1.35. The minimum atomic E-state index is -0.508. The fraction of sp³-hybridized carbons (Fsp3) is 0.577. The number of fused-ring (bicyclic) bond motifs is 1. The van der Waals surface area contributed by atoms with Gasteiger partial charge in [-0.1, -0.05) is 30.7 Å². The van der Waals surface area contributed by atoms with E-state index in [1.54, 1.807) is 6.33 Å². The van der Waals surface area contributed by atoms with Gasteiger partial charge < -0.3 is 25.4 Å². The first kappa shape index (κ1) is 24.6. The highest BCUT2D eigenvalue weighted by Crippen LogP contribution is 2.43. The van der Waals surface area contributed by atoms with Crippen LogP contribution in [0.4, 0.5) is 5.82 Å². The van der Waals surface area contributed by atoms with Gasteiger partial charge in [0.15, 0.2) is 0 Å².